The van der Waals surface area contributed by atoms with Crippen LogP contribution in [-0.2, 0) is 24.9 Å². The van der Waals surface area contributed by atoms with Crippen molar-refractivity contribution in [2.24, 2.45) is 0 Å². The number of aryl methyl sites for hydroxylation is 1. The molecule has 3 aromatic rings. The Labute approximate surface area is 196 Å². The number of ether oxygens (including phenoxy) is 1. The molecule has 0 saturated carbocycles. The summed E-state index contributed by atoms with van der Waals surface area (Å²) in [7, 11) is 1.69. The van der Waals surface area contributed by atoms with Crippen molar-refractivity contribution in [1.82, 2.24) is 9.80 Å². The van der Waals surface area contributed by atoms with Crippen molar-refractivity contribution in [1.29, 1.82) is 0 Å². The Morgan fingerprint density at radius 2 is 1.55 bits per heavy atom. The average molecular weight is 441 g/mol. The largest absolute Gasteiger partial charge is 0.496 e. The van der Waals surface area contributed by atoms with Gasteiger partial charge in [-0.2, -0.15) is 0 Å². The molecule has 4 nitrogen and oxygen atoms in total. The summed E-state index contributed by atoms with van der Waals surface area (Å²) in [6.45, 7) is 6.83. The van der Waals surface area contributed by atoms with Crippen LogP contribution in [-0.4, -0.2) is 48.9 Å². The highest BCUT2D eigenvalue weighted by atomic mass is 16.5. The van der Waals surface area contributed by atoms with Crippen LogP contribution >= 0.6 is 0 Å². The van der Waals surface area contributed by atoms with E-state index in [-0.39, 0.29) is 5.78 Å². The maximum Gasteiger partial charge on any atom is 0.188 e. The van der Waals surface area contributed by atoms with Gasteiger partial charge in [0.1, 0.15) is 11.3 Å². The molecular formula is C29H32N2O2. The van der Waals surface area contributed by atoms with Crippen LogP contribution in [0.3, 0.4) is 0 Å². The molecule has 0 bridgehead atoms. The first kappa shape index (κ1) is 21.9. The summed E-state index contributed by atoms with van der Waals surface area (Å²) < 4.78 is 5.65. The number of piperazine rings is 1. The third-order valence-corrected chi connectivity index (χ3v) is 7.46. The van der Waals surface area contributed by atoms with Crippen LogP contribution < -0.4 is 4.74 Å². The Kier molecular flexibility index (Phi) is 6.05. The van der Waals surface area contributed by atoms with E-state index >= 15 is 0 Å². The molecular weight excluding hydrogens is 408 g/mol. The summed E-state index contributed by atoms with van der Waals surface area (Å²) in [5, 5.41) is 0. The van der Waals surface area contributed by atoms with Crippen molar-refractivity contribution in [2.75, 3.05) is 33.3 Å². The van der Waals surface area contributed by atoms with Gasteiger partial charge in [0.15, 0.2) is 5.78 Å². The average Bonchev–Trinajstić information content (AvgIpc) is 3.19. The number of nitrogens with zero attached hydrogens (tertiary/aromatic N) is 2. The van der Waals surface area contributed by atoms with Gasteiger partial charge in [0.2, 0.25) is 0 Å². The fraction of sp³-hybridized carbons (Fsp3) is 0.345. The van der Waals surface area contributed by atoms with Gasteiger partial charge in [-0.05, 0) is 29.2 Å². The molecule has 1 aliphatic carbocycles. The van der Waals surface area contributed by atoms with Crippen LogP contribution in [0.1, 0.15) is 39.5 Å². The van der Waals surface area contributed by atoms with E-state index in [0.29, 0.717) is 6.42 Å². The van der Waals surface area contributed by atoms with Crippen LogP contribution in [0.4, 0.5) is 0 Å². The minimum absolute atomic E-state index is 0.201. The van der Waals surface area contributed by atoms with E-state index in [2.05, 4.69) is 53.1 Å². The highest BCUT2D eigenvalue weighted by Crippen LogP contribution is 2.45. The van der Waals surface area contributed by atoms with E-state index in [0.717, 1.165) is 61.6 Å². The van der Waals surface area contributed by atoms with Crippen LogP contribution in [0, 0.1) is 0 Å². The lowest BCUT2D eigenvalue weighted by Gasteiger charge is -2.45. The molecule has 1 aliphatic heterocycles. The molecule has 0 spiro atoms. The number of hydrogen-bond acceptors (Lipinski definition) is 4. The summed E-state index contributed by atoms with van der Waals surface area (Å²) in [6.07, 6.45) is 1.72. The second-order valence-electron chi connectivity index (χ2n) is 9.10. The fourth-order valence-corrected chi connectivity index (χ4v) is 5.68. The summed E-state index contributed by atoms with van der Waals surface area (Å²) >= 11 is 0. The second-order valence-corrected chi connectivity index (χ2v) is 9.10. The van der Waals surface area contributed by atoms with Crippen molar-refractivity contribution in [3.63, 3.8) is 0 Å². The van der Waals surface area contributed by atoms with E-state index < -0.39 is 5.54 Å². The molecule has 1 saturated heterocycles. The molecule has 1 fully saturated rings. The molecule has 0 N–H and O–H groups in total. The van der Waals surface area contributed by atoms with E-state index in [1.165, 1.54) is 11.1 Å². The summed E-state index contributed by atoms with van der Waals surface area (Å²) in [5.41, 5.74) is 5.10. The topological polar surface area (TPSA) is 32.8 Å². The van der Waals surface area contributed by atoms with Crippen molar-refractivity contribution < 1.29 is 9.53 Å². The molecule has 2 aliphatic rings. The van der Waals surface area contributed by atoms with Gasteiger partial charge in [-0.1, -0.05) is 73.7 Å². The number of methoxy groups -OCH3 is 1. The minimum Gasteiger partial charge on any atom is -0.496 e. The molecule has 5 rings (SSSR count). The molecule has 1 atom stereocenters. The zero-order valence-electron chi connectivity index (χ0n) is 19.6. The summed E-state index contributed by atoms with van der Waals surface area (Å²) in [4.78, 5) is 19.0. The molecule has 0 radical (unpaired) electrons. The van der Waals surface area contributed by atoms with Crippen LogP contribution in [0.25, 0.3) is 0 Å². The van der Waals surface area contributed by atoms with Crippen molar-refractivity contribution in [3.05, 3.63) is 101 Å². The number of fused-ring (bicyclic) bond motifs is 1. The Morgan fingerprint density at radius 3 is 2.24 bits per heavy atom. The number of hydrogen-bond donors (Lipinski definition) is 0. The highest BCUT2D eigenvalue weighted by molar-refractivity contribution is 6.08. The monoisotopic (exact) mass is 440 g/mol. The maximum absolute atomic E-state index is 14.0. The molecule has 0 aromatic heterocycles. The molecule has 1 heterocycles. The number of ketones is 1. The SMILES string of the molecule is CCc1ccccc1CN1CCN(C2(c3ccccc3)Cc3c(OC)cccc3C2=O)CC1. The summed E-state index contributed by atoms with van der Waals surface area (Å²) in [6, 6.07) is 24.9. The van der Waals surface area contributed by atoms with Gasteiger partial charge in [-0.15, -0.1) is 0 Å². The van der Waals surface area contributed by atoms with Gasteiger partial charge >= 0.3 is 0 Å². The smallest absolute Gasteiger partial charge is 0.188 e. The quantitative estimate of drug-likeness (QED) is 0.556. The number of carbonyl (C=O) groups is 1. The van der Waals surface area contributed by atoms with Gasteiger partial charge in [0.05, 0.1) is 7.11 Å². The Bertz CT molecular complexity index is 1140. The molecule has 0 amide bonds. The first-order valence-electron chi connectivity index (χ1n) is 12.0. The standard InChI is InChI=1S/C29H32N2O2/c1-3-22-10-7-8-11-23(22)21-30-16-18-31(19-17-30)29(24-12-5-4-6-13-24)20-26-25(28(29)32)14-9-15-27(26)33-2/h4-15H,3,16-21H2,1-2H3. The molecule has 1 unspecified atom stereocenters. The highest BCUT2D eigenvalue weighted by Gasteiger charge is 2.52. The Morgan fingerprint density at radius 1 is 0.848 bits per heavy atom. The van der Waals surface area contributed by atoms with Gasteiger partial charge in [-0.25, -0.2) is 0 Å². The third-order valence-electron chi connectivity index (χ3n) is 7.46. The number of carbonyl (C=O) groups excluding carboxylic acids is 1. The van der Waals surface area contributed by atoms with Crippen molar-refractivity contribution in [3.8, 4) is 5.75 Å². The number of Topliss-reactive ketones (excluding diaryl/α,β-unsaturated/α-hetero) is 1. The molecule has 33 heavy (non-hydrogen) atoms. The maximum atomic E-state index is 14.0. The van der Waals surface area contributed by atoms with E-state index in [4.69, 9.17) is 4.74 Å². The molecule has 4 heteroatoms. The predicted molar refractivity (Wildman–Crippen MR) is 132 cm³/mol. The minimum atomic E-state index is -0.661. The van der Waals surface area contributed by atoms with Gasteiger partial charge < -0.3 is 4.74 Å². The van der Waals surface area contributed by atoms with Gasteiger partial charge in [0.25, 0.3) is 0 Å². The molecule has 3 aromatic carbocycles. The zero-order valence-corrected chi connectivity index (χ0v) is 19.6. The first-order chi connectivity index (χ1) is 16.2. The number of benzene rings is 3. The normalized spacial score (nSPS) is 21.2. The van der Waals surface area contributed by atoms with E-state index in [1.54, 1.807) is 7.11 Å². The second kappa shape index (κ2) is 9.12. The van der Waals surface area contributed by atoms with Gasteiger partial charge in [0, 0.05) is 50.3 Å². The lowest BCUT2D eigenvalue weighted by molar-refractivity contribution is 0.0287. The van der Waals surface area contributed by atoms with Crippen molar-refractivity contribution >= 4 is 5.78 Å². The van der Waals surface area contributed by atoms with Crippen LogP contribution in [0.2, 0.25) is 0 Å². The van der Waals surface area contributed by atoms with Gasteiger partial charge in [-0.3, -0.25) is 14.6 Å². The zero-order chi connectivity index (χ0) is 22.8. The summed E-state index contributed by atoms with van der Waals surface area (Å²) in [5.74, 6) is 1.01. The lowest BCUT2D eigenvalue weighted by atomic mass is 9.83. The molecule has 170 valence electrons. The fourth-order valence-electron chi connectivity index (χ4n) is 5.68. The Hall–Kier alpha value is -2.95. The predicted octanol–water partition coefficient (Wildman–Crippen LogP) is 4.71. The number of rotatable bonds is 6. The van der Waals surface area contributed by atoms with Crippen molar-refractivity contribution in [2.45, 2.75) is 31.8 Å². The Balaban J connectivity index is 1.43. The lowest BCUT2D eigenvalue weighted by Crippen LogP contribution is -2.58. The van der Waals surface area contributed by atoms with Crippen LogP contribution in [0.5, 0.6) is 5.75 Å². The first-order valence-corrected chi connectivity index (χ1v) is 12.0. The van der Waals surface area contributed by atoms with E-state index in [1.807, 2.05) is 36.4 Å². The van der Waals surface area contributed by atoms with Crippen LogP contribution in [0.15, 0.2) is 72.8 Å². The van der Waals surface area contributed by atoms with E-state index in [9.17, 15) is 4.79 Å². The third kappa shape index (κ3) is 3.77.